The maximum Gasteiger partial charge on any atom is 0.407 e. The summed E-state index contributed by atoms with van der Waals surface area (Å²) in [5.74, 6) is 1.60. The maximum absolute atomic E-state index is 11.6. The van der Waals surface area contributed by atoms with E-state index in [0.29, 0.717) is 6.54 Å². The maximum atomic E-state index is 11.6. The van der Waals surface area contributed by atoms with Crippen molar-refractivity contribution in [1.29, 1.82) is 0 Å². The lowest BCUT2D eigenvalue weighted by Gasteiger charge is -2.19. The summed E-state index contributed by atoms with van der Waals surface area (Å²) in [6, 6.07) is 17.5. The molecule has 146 valence electrons. The molecule has 3 N–H and O–H groups in total. The van der Waals surface area contributed by atoms with Gasteiger partial charge in [-0.05, 0) is 69.9 Å². The minimum atomic E-state index is -0.469. The first-order chi connectivity index (χ1) is 12.8. The number of benzene rings is 2. The summed E-state index contributed by atoms with van der Waals surface area (Å²) in [7, 11) is 0. The predicted octanol–water partition coefficient (Wildman–Crippen LogP) is 5.17. The first-order valence-corrected chi connectivity index (χ1v) is 9.39. The number of amides is 1. The molecule has 0 aliphatic rings. The highest BCUT2D eigenvalue weighted by Crippen LogP contribution is 2.24. The zero-order valence-corrected chi connectivity index (χ0v) is 16.4. The molecule has 27 heavy (non-hydrogen) atoms. The van der Waals surface area contributed by atoms with Gasteiger partial charge in [-0.2, -0.15) is 0 Å². The first-order valence-electron chi connectivity index (χ1n) is 9.39. The molecule has 1 amide bonds. The van der Waals surface area contributed by atoms with Gasteiger partial charge in [0.15, 0.2) is 0 Å². The van der Waals surface area contributed by atoms with Crippen LogP contribution in [0.4, 0.5) is 4.79 Å². The summed E-state index contributed by atoms with van der Waals surface area (Å²) in [5, 5.41) is 2.76. The van der Waals surface area contributed by atoms with Crippen molar-refractivity contribution in [3.63, 3.8) is 0 Å². The fraction of sp³-hybridized carbons (Fsp3) is 0.409. The van der Waals surface area contributed by atoms with Gasteiger partial charge in [0.2, 0.25) is 0 Å². The van der Waals surface area contributed by atoms with E-state index in [1.807, 2.05) is 75.4 Å². The zero-order valence-electron chi connectivity index (χ0n) is 16.4. The van der Waals surface area contributed by atoms with Crippen molar-refractivity contribution in [2.24, 2.45) is 5.73 Å². The number of para-hydroxylation sites is 1. The quantitative estimate of drug-likeness (QED) is 0.628. The minimum Gasteiger partial charge on any atom is -0.457 e. The molecule has 0 aliphatic heterocycles. The van der Waals surface area contributed by atoms with Crippen LogP contribution in [0.2, 0.25) is 0 Å². The molecule has 2 aromatic rings. The van der Waals surface area contributed by atoms with Gasteiger partial charge in [0.05, 0.1) is 0 Å². The third-order valence-corrected chi connectivity index (χ3v) is 3.90. The van der Waals surface area contributed by atoms with Crippen molar-refractivity contribution in [1.82, 2.24) is 5.32 Å². The molecule has 5 heteroatoms. The number of nitrogens with two attached hydrogens (primary N) is 1. The molecular weight excluding hydrogens is 340 g/mol. The molecule has 0 fully saturated rings. The topological polar surface area (TPSA) is 73.6 Å². The highest BCUT2D eigenvalue weighted by Gasteiger charge is 2.15. The van der Waals surface area contributed by atoms with Crippen molar-refractivity contribution in [3.8, 4) is 11.5 Å². The van der Waals surface area contributed by atoms with Crippen LogP contribution in [0.5, 0.6) is 11.5 Å². The van der Waals surface area contributed by atoms with Crippen LogP contribution in [0, 0.1) is 0 Å². The summed E-state index contributed by atoms with van der Waals surface area (Å²) in [5.41, 5.74) is 6.88. The molecule has 0 aliphatic carbocycles. The largest absolute Gasteiger partial charge is 0.457 e. The van der Waals surface area contributed by atoms with Crippen LogP contribution in [0.1, 0.15) is 51.6 Å². The van der Waals surface area contributed by atoms with Crippen LogP contribution in [0.3, 0.4) is 0 Å². The summed E-state index contributed by atoms with van der Waals surface area (Å²) in [4.78, 5) is 11.6. The average Bonchev–Trinajstić information content (AvgIpc) is 2.61. The van der Waals surface area contributed by atoms with Crippen molar-refractivity contribution in [2.75, 3.05) is 6.54 Å². The monoisotopic (exact) mass is 370 g/mol. The van der Waals surface area contributed by atoms with Crippen LogP contribution in [-0.2, 0) is 4.74 Å². The predicted molar refractivity (Wildman–Crippen MR) is 108 cm³/mol. The number of unbranched alkanes of at least 4 members (excludes halogenated alkanes) is 1. The van der Waals surface area contributed by atoms with Crippen LogP contribution >= 0.6 is 0 Å². The van der Waals surface area contributed by atoms with Gasteiger partial charge in [-0.15, -0.1) is 0 Å². The highest BCUT2D eigenvalue weighted by molar-refractivity contribution is 5.67. The van der Waals surface area contributed by atoms with Crippen molar-refractivity contribution < 1.29 is 14.3 Å². The van der Waals surface area contributed by atoms with Crippen LogP contribution in [0.25, 0.3) is 0 Å². The zero-order chi connectivity index (χ0) is 19.7. The number of carbonyl (C=O) groups is 1. The molecule has 0 radical (unpaired) electrons. The number of carbonyl (C=O) groups excluding carboxylic acids is 1. The van der Waals surface area contributed by atoms with Gasteiger partial charge < -0.3 is 20.5 Å². The lowest BCUT2D eigenvalue weighted by atomic mass is 10.0. The summed E-state index contributed by atoms with van der Waals surface area (Å²) >= 11 is 0. The van der Waals surface area contributed by atoms with E-state index < -0.39 is 5.60 Å². The smallest absolute Gasteiger partial charge is 0.407 e. The molecule has 1 atom stereocenters. The molecule has 0 bridgehead atoms. The minimum absolute atomic E-state index is 0.0303. The Morgan fingerprint density at radius 3 is 2.26 bits per heavy atom. The van der Waals surface area contributed by atoms with Gasteiger partial charge in [0.1, 0.15) is 17.1 Å². The second-order valence-corrected chi connectivity index (χ2v) is 7.52. The number of nitrogens with one attached hydrogen (secondary N) is 1. The molecule has 0 saturated heterocycles. The van der Waals surface area contributed by atoms with Gasteiger partial charge in [-0.1, -0.05) is 30.3 Å². The van der Waals surface area contributed by atoms with Crippen LogP contribution in [-0.4, -0.2) is 18.2 Å². The molecule has 0 saturated carbocycles. The molecule has 2 aromatic carbocycles. The van der Waals surface area contributed by atoms with E-state index in [1.165, 1.54) is 0 Å². The Kier molecular flexibility index (Phi) is 7.67. The van der Waals surface area contributed by atoms with Crippen molar-refractivity contribution >= 4 is 6.09 Å². The number of ether oxygens (including phenoxy) is 2. The second-order valence-electron chi connectivity index (χ2n) is 7.52. The van der Waals surface area contributed by atoms with E-state index in [2.05, 4.69) is 5.32 Å². The molecule has 0 unspecified atom stereocenters. The Labute approximate surface area is 161 Å². The third-order valence-electron chi connectivity index (χ3n) is 3.90. The van der Waals surface area contributed by atoms with Gasteiger partial charge in [0.25, 0.3) is 0 Å². The Morgan fingerprint density at radius 2 is 1.63 bits per heavy atom. The summed E-state index contributed by atoms with van der Waals surface area (Å²) in [6.07, 6.45) is 2.27. The van der Waals surface area contributed by atoms with E-state index in [9.17, 15) is 4.79 Å². The van der Waals surface area contributed by atoms with Gasteiger partial charge >= 0.3 is 6.09 Å². The number of rotatable bonds is 8. The molecule has 2 rings (SSSR count). The lowest BCUT2D eigenvalue weighted by molar-refractivity contribution is 0.0527. The lowest BCUT2D eigenvalue weighted by Crippen LogP contribution is -2.33. The second kappa shape index (κ2) is 9.97. The fourth-order valence-corrected chi connectivity index (χ4v) is 2.57. The van der Waals surface area contributed by atoms with Gasteiger partial charge in [0, 0.05) is 12.6 Å². The average molecular weight is 370 g/mol. The van der Waals surface area contributed by atoms with E-state index in [-0.39, 0.29) is 12.1 Å². The Bertz CT molecular complexity index is 694. The fourth-order valence-electron chi connectivity index (χ4n) is 2.57. The Balaban J connectivity index is 1.68. The van der Waals surface area contributed by atoms with Gasteiger partial charge in [-0.3, -0.25) is 0 Å². The Hall–Kier alpha value is -2.53. The number of hydrogen-bond donors (Lipinski definition) is 2. The van der Waals surface area contributed by atoms with E-state index >= 15 is 0 Å². The molecule has 5 nitrogen and oxygen atoms in total. The third kappa shape index (κ3) is 8.13. The normalized spacial score (nSPS) is 12.3. The summed E-state index contributed by atoms with van der Waals surface area (Å²) < 4.78 is 11.0. The SMILES string of the molecule is CC(C)(C)OC(=O)NCCCC[C@H](N)c1ccc(Oc2ccccc2)cc1. The van der Waals surface area contributed by atoms with Crippen molar-refractivity contribution in [2.45, 2.75) is 51.7 Å². The van der Waals surface area contributed by atoms with E-state index in [0.717, 1.165) is 36.3 Å². The van der Waals surface area contributed by atoms with E-state index in [1.54, 1.807) is 0 Å². The standard InChI is InChI=1S/C22H30N2O3/c1-22(2,3)27-21(25)24-16-8-7-11-20(23)17-12-14-19(15-13-17)26-18-9-5-4-6-10-18/h4-6,9-10,12-15,20H,7-8,11,16,23H2,1-3H3,(H,24,25)/t20-/m0/s1. The van der Waals surface area contributed by atoms with Crippen molar-refractivity contribution in [3.05, 3.63) is 60.2 Å². The highest BCUT2D eigenvalue weighted by atomic mass is 16.6. The number of hydrogen-bond acceptors (Lipinski definition) is 4. The van der Waals surface area contributed by atoms with Crippen LogP contribution < -0.4 is 15.8 Å². The molecular formula is C22H30N2O3. The van der Waals surface area contributed by atoms with E-state index in [4.69, 9.17) is 15.2 Å². The molecule has 0 spiro atoms. The molecule has 0 heterocycles. The summed E-state index contributed by atoms with van der Waals surface area (Å²) in [6.45, 7) is 6.14. The first kappa shape index (κ1) is 20.8. The van der Waals surface area contributed by atoms with Gasteiger partial charge in [-0.25, -0.2) is 4.79 Å². The Morgan fingerprint density at radius 1 is 1.00 bits per heavy atom. The number of alkyl carbamates (subject to hydrolysis) is 1. The van der Waals surface area contributed by atoms with Crippen LogP contribution in [0.15, 0.2) is 54.6 Å². The molecule has 0 aromatic heterocycles.